The second-order valence-corrected chi connectivity index (χ2v) is 6.45. The smallest absolute Gasteiger partial charge is 0.132 e. The van der Waals surface area contributed by atoms with E-state index in [0.29, 0.717) is 6.04 Å². The Morgan fingerprint density at radius 1 is 1.18 bits per heavy atom. The highest BCUT2D eigenvalue weighted by Gasteiger charge is 2.31. The molecule has 0 bridgehead atoms. The van der Waals surface area contributed by atoms with Crippen molar-refractivity contribution in [2.75, 3.05) is 25.0 Å². The molecule has 0 amide bonds. The van der Waals surface area contributed by atoms with Gasteiger partial charge in [-0.2, -0.15) is 0 Å². The van der Waals surface area contributed by atoms with Crippen molar-refractivity contribution in [3.8, 4) is 0 Å². The molecule has 5 heteroatoms. The molecule has 0 spiro atoms. The quantitative estimate of drug-likeness (QED) is 0.868. The normalized spacial score (nSPS) is 15.2. The summed E-state index contributed by atoms with van der Waals surface area (Å²) < 4.78 is 0. The fraction of sp³-hybridized carbons (Fsp3) is 0.412. The van der Waals surface area contributed by atoms with Gasteiger partial charge in [-0.05, 0) is 38.6 Å². The Hall–Kier alpha value is -1.65. The van der Waals surface area contributed by atoms with Crippen LogP contribution in [0.3, 0.4) is 0 Å². The number of aryl methyl sites for hydroxylation is 2. The van der Waals surface area contributed by atoms with Crippen LogP contribution in [-0.4, -0.2) is 41.0 Å². The highest BCUT2D eigenvalue weighted by Crippen LogP contribution is 2.23. The molecule has 1 aliphatic heterocycles. The molecule has 0 aliphatic carbocycles. The van der Waals surface area contributed by atoms with Gasteiger partial charge in [0.1, 0.15) is 11.6 Å². The van der Waals surface area contributed by atoms with Crippen molar-refractivity contribution in [2.24, 2.45) is 0 Å². The second kappa shape index (κ2) is 6.23. The molecule has 0 unspecified atom stereocenters. The molecule has 1 saturated heterocycles. The summed E-state index contributed by atoms with van der Waals surface area (Å²) in [6.07, 6.45) is 0. The lowest BCUT2D eigenvalue weighted by Crippen LogP contribution is -2.58. The molecule has 1 aromatic carbocycles. The lowest BCUT2D eigenvalue weighted by Gasteiger charge is -2.44. The molecular weight excluding hydrogens is 296 g/mol. The third kappa shape index (κ3) is 3.39. The number of likely N-dealkylation sites (N-methyl/N-ethyl adjacent to an activating group) is 1. The zero-order chi connectivity index (χ0) is 15.7. The van der Waals surface area contributed by atoms with Crippen LogP contribution in [0.1, 0.15) is 17.1 Å². The molecule has 1 fully saturated rings. The Morgan fingerprint density at radius 2 is 1.86 bits per heavy atom. The number of benzene rings is 1. The number of hydrogen-bond donors (Lipinski definition) is 0. The SMILES string of the molecule is Cc1cc(N2CC(N(C)Cc3ccc(Cl)cc3)C2)nc(C)n1. The van der Waals surface area contributed by atoms with Gasteiger partial charge in [-0.3, -0.25) is 4.90 Å². The summed E-state index contributed by atoms with van der Waals surface area (Å²) in [7, 11) is 2.17. The van der Waals surface area contributed by atoms with Crippen LogP contribution in [-0.2, 0) is 6.54 Å². The number of nitrogens with zero attached hydrogens (tertiary/aromatic N) is 4. The maximum absolute atomic E-state index is 5.93. The Balaban J connectivity index is 1.57. The summed E-state index contributed by atoms with van der Waals surface area (Å²) in [4.78, 5) is 13.6. The Morgan fingerprint density at radius 3 is 2.50 bits per heavy atom. The van der Waals surface area contributed by atoms with Gasteiger partial charge >= 0.3 is 0 Å². The zero-order valence-electron chi connectivity index (χ0n) is 13.3. The van der Waals surface area contributed by atoms with Crippen molar-refractivity contribution in [3.05, 3.63) is 52.4 Å². The fourth-order valence-corrected chi connectivity index (χ4v) is 2.91. The lowest BCUT2D eigenvalue weighted by molar-refractivity contribution is 0.196. The van der Waals surface area contributed by atoms with E-state index in [-0.39, 0.29) is 0 Å². The van der Waals surface area contributed by atoms with Gasteiger partial charge in [0.25, 0.3) is 0 Å². The number of anilines is 1. The summed E-state index contributed by atoms with van der Waals surface area (Å²) in [5.74, 6) is 1.88. The van der Waals surface area contributed by atoms with Crippen LogP contribution >= 0.6 is 11.6 Å². The maximum atomic E-state index is 5.93. The molecular formula is C17H21ClN4. The number of halogens is 1. The van der Waals surface area contributed by atoms with E-state index in [2.05, 4.69) is 45.0 Å². The minimum absolute atomic E-state index is 0.561. The molecule has 22 heavy (non-hydrogen) atoms. The largest absolute Gasteiger partial charge is 0.353 e. The minimum atomic E-state index is 0.561. The van der Waals surface area contributed by atoms with Gasteiger partial charge < -0.3 is 4.90 Å². The summed E-state index contributed by atoms with van der Waals surface area (Å²) in [5, 5.41) is 0.788. The van der Waals surface area contributed by atoms with Crippen molar-refractivity contribution >= 4 is 17.4 Å². The van der Waals surface area contributed by atoms with E-state index < -0.39 is 0 Å². The number of hydrogen-bond acceptors (Lipinski definition) is 4. The topological polar surface area (TPSA) is 32.3 Å². The van der Waals surface area contributed by atoms with Gasteiger partial charge in [0.15, 0.2) is 0 Å². The lowest BCUT2D eigenvalue weighted by atomic mass is 10.1. The number of aromatic nitrogens is 2. The van der Waals surface area contributed by atoms with Gasteiger partial charge in [0.2, 0.25) is 0 Å². The Labute approximate surface area is 136 Å². The van der Waals surface area contributed by atoms with E-state index in [9.17, 15) is 0 Å². The zero-order valence-corrected chi connectivity index (χ0v) is 14.0. The van der Waals surface area contributed by atoms with Gasteiger partial charge in [-0.15, -0.1) is 0 Å². The van der Waals surface area contributed by atoms with E-state index in [1.54, 1.807) is 0 Å². The predicted octanol–water partition coefficient (Wildman–Crippen LogP) is 3.07. The van der Waals surface area contributed by atoms with Gasteiger partial charge in [0.05, 0.1) is 0 Å². The van der Waals surface area contributed by atoms with Crippen LogP contribution in [0.2, 0.25) is 5.02 Å². The van der Waals surface area contributed by atoms with Crippen LogP contribution in [0, 0.1) is 13.8 Å². The molecule has 116 valence electrons. The molecule has 0 saturated carbocycles. The Bertz CT molecular complexity index is 630. The Kier molecular flexibility index (Phi) is 4.32. The van der Waals surface area contributed by atoms with Crippen LogP contribution in [0.25, 0.3) is 0 Å². The van der Waals surface area contributed by atoms with Gasteiger partial charge in [0, 0.05) is 42.5 Å². The van der Waals surface area contributed by atoms with Crippen molar-refractivity contribution in [1.29, 1.82) is 0 Å². The van der Waals surface area contributed by atoms with Crippen LogP contribution in [0.4, 0.5) is 5.82 Å². The van der Waals surface area contributed by atoms with Crippen molar-refractivity contribution in [2.45, 2.75) is 26.4 Å². The van der Waals surface area contributed by atoms with Gasteiger partial charge in [-0.25, -0.2) is 9.97 Å². The summed E-state index contributed by atoms with van der Waals surface area (Å²) >= 11 is 5.93. The highest BCUT2D eigenvalue weighted by molar-refractivity contribution is 6.30. The third-order valence-electron chi connectivity index (χ3n) is 4.11. The standard InChI is InChI=1S/C17H21ClN4/c1-12-8-17(20-13(2)19-12)22-10-16(11-22)21(3)9-14-4-6-15(18)7-5-14/h4-8,16H,9-11H2,1-3H3. The summed E-state index contributed by atoms with van der Waals surface area (Å²) in [6, 6.07) is 10.7. The van der Waals surface area contributed by atoms with Crippen molar-refractivity contribution < 1.29 is 0 Å². The molecule has 4 nitrogen and oxygen atoms in total. The molecule has 0 N–H and O–H groups in total. The molecule has 0 atom stereocenters. The molecule has 2 aromatic rings. The first-order chi connectivity index (χ1) is 10.5. The molecule has 3 rings (SSSR count). The fourth-order valence-electron chi connectivity index (χ4n) is 2.79. The molecule has 2 heterocycles. The number of rotatable bonds is 4. The average molecular weight is 317 g/mol. The van der Waals surface area contributed by atoms with Crippen LogP contribution < -0.4 is 4.90 Å². The first-order valence-electron chi connectivity index (χ1n) is 7.53. The average Bonchev–Trinajstić information content (AvgIpc) is 2.38. The minimum Gasteiger partial charge on any atom is -0.353 e. The van der Waals surface area contributed by atoms with E-state index >= 15 is 0 Å². The molecule has 0 radical (unpaired) electrons. The summed E-state index contributed by atoms with van der Waals surface area (Å²) in [6.45, 7) is 6.93. The third-order valence-corrected chi connectivity index (χ3v) is 4.36. The first-order valence-corrected chi connectivity index (χ1v) is 7.91. The van der Waals surface area contributed by atoms with Crippen molar-refractivity contribution in [3.63, 3.8) is 0 Å². The molecule has 1 aromatic heterocycles. The second-order valence-electron chi connectivity index (χ2n) is 6.02. The predicted molar refractivity (Wildman–Crippen MR) is 90.4 cm³/mol. The van der Waals surface area contributed by atoms with Gasteiger partial charge in [-0.1, -0.05) is 23.7 Å². The van der Waals surface area contributed by atoms with E-state index in [1.165, 1.54) is 5.56 Å². The van der Waals surface area contributed by atoms with Crippen LogP contribution in [0.15, 0.2) is 30.3 Å². The van der Waals surface area contributed by atoms with Crippen LogP contribution in [0.5, 0.6) is 0 Å². The van der Waals surface area contributed by atoms with E-state index in [0.717, 1.165) is 42.0 Å². The maximum Gasteiger partial charge on any atom is 0.132 e. The first kappa shape index (κ1) is 15.3. The van der Waals surface area contributed by atoms with E-state index in [1.807, 2.05) is 26.0 Å². The highest BCUT2D eigenvalue weighted by atomic mass is 35.5. The van der Waals surface area contributed by atoms with Crippen molar-refractivity contribution in [1.82, 2.24) is 14.9 Å². The molecule has 1 aliphatic rings. The summed E-state index contributed by atoms with van der Waals surface area (Å²) in [5.41, 5.74) is 2.32. The monoisotopic (exact) mass is 316 g/mol. The van der Waals surface area contributed by atoms with E-state index in [4.69, 9.17) is 11.6 Å².